The van der Waals surface area contributed by atoms with E-state index in [9.17, 15) is 45.6 Å². The van der Waals surface area contributed by atoms with E-state index in [0.29, 0.717) is 0 Å². The third kappa shape index (κ3) is 4.10. The maximum Gasteiger partial charge on any atom is 0.229 e. The van der Waals surface area contributed by atoms with Crippen LogP contribution in [-0.2, 0) is 4.74 Å². The highest BCUT2D eigenvalue weighted by Gasteiger charge is 2.45. The number of aliphatic hydroxyl groups excluding tert-OH is 4. The molecule has 33 heavy (non-hydrogen) atoms. The molecule has 0 radical (unpaired) electrons. The molecule has 1 fully saturated rings. The highest BCUT2D eigenvalue weighted by molar-refractivity contribution is 6.02. The van der Waals surface area contributed by atoms with Crippen LogP contribution in [0.25, 0.3) is 0 Å². The molecule has 2 aliphatic rings. The number of benzene rings is 2. The summed E-state index contributed by atoms with van der Waals surface area (Å²) in [6.45, 7) is -0.695. The van der Waals surface area contributed by atoms with E-state index in [1.807, 2.05) is 0 Å². The number of fused-ring (bicyclic) bond motifs is 1. The Morgan fingerprint density at radius 1 is 0.939 bits per heavy atom. The van der Waals surface area contributed by atoms with Gasteiger partial charge in [0.05, 0.1) is 13.0 Å². The molecule has 0 bridgehead atoms. The monoisotopic (exact) mass is 466 g/mol. The van der Waals surface area contributed by atoms with Gasteiger partial charge in [-0.3, -0.25) is 4.79 Å². The number of carbonyl (C=O) groups excluding carboxylic acids is 1. The van der Waals surface area contributed by atoms with E-state index in [-0.39, 0.29) is 29.0 Å². The van der Waals surface area contributed by atoms with Crippen molar-refractivity contribution < 1.29 is 59.9 Å². The van der Waals surface area contributed by atoms with Crippen LogP contribution in [0.5, 0.6) is 34.5 Å². The summed E-state index contributed by atoms with van der Waals surface area (Å²) in [4.78, 5) is 12.5. The molecular formula is C21H22O12. The van der Waals surface area contributed by atoms with Crippen molar-refractivity contribution in [3.8, 4) is 34.5 Å². The Bertz CT molecular complexity index is 1070. The summed E-state index contributed by atoms with van der Waals surface area (Å²) in [6.07, 6.45) is -9.26. The molecule has 0 aliphatic carbocycles. The number of hydrogen-bond acceptors (Lipinski definition) is 12. The second-order valence-electron chi connectivity index (χ2n) is 7.77. The van der Waals surface area contributed by atoms with E-state index < -0.39 is 72.2 Å². The Morgan fingerprint density at radius 3 is 2.36 bits per heavy atom. The standard InChI is InChI=1S/C21H22O12/c22-6-15-18(28)19(29)20(30)21(33-15)32-14-2-7(1-11(26)17(14)27)12-5-10(25)16-9(24)3-8(23)4-13(16)31-12/h1-4,12,15,18-24,26-30H,5-6H2/t12-,15+,18+,19-,20-,21+/m0/s1. The lowest BCUT2D eigenvalue weighted by Crippen LogP contribution is -2.60. The summed E-state index contributed by atoms with van der Waals surface area (Å²) < 4.78 is 16.4. The molecule has 0 spiro atoms. The van der Waals surface area contributed by atoms with Gasteiger partial charge in [0.25, 0.3) is 0 Å². The van der Waals surface area contributed by atoms with Gasteiger partial charge in [0.1, 0.15) is 53.3 Å². The first-order valence-corrected chi connectivity index (χ1v) is 9.89. The summed E-state index contributed by atoms with van der Waals surface area (Å²) in [5, 5.41) is 79.2. The minimum Gasteiger partial charge on any atom is -0.508 e. The number of aliphatic hydroxyl groups is 4. The minimum absolute atomic E-state index is 0.0854. The van der Waals surface area contributed by atoms with Gasteiger partial charge in [-0.25, -0.2) is 0 Å². The fourth-order valence-electron chi connectivity index (χ4n) is 3.79. The average Bonchev–Trinajstić information content (AvgIpc) is 2.76. The quantitative estimate of drug-likeness (QED) is 0.266. The van der Waals surface area contributed by atoms with Crippen LogP contribution in [-0.4, -0.2) is 83.9 Å². The lowest BCUT2D eigenvalue weighted by Gasteiger charge is -2.39. The predicted molar refractivity (Wildman–Crippen MR) is 106 cm³/mol. The van der Waals surface area contributed by atoms with Crippen molar-refractivity contribution >= 4 is 5.78 Å². The van der Waals surface area contributed by atoms with Gasteiger partial charge in [0.2, 0.25) is 12.0 Å². The van der Waals surface area contributed by atoms with E-state index in [0.717, 1.165) is 18.2 Å². The Balaban J connectivity index is 1.64. The number of ether oxygens (including phenoxy) is 3. The van der Waals surface area contributed by atoms with Crippen molar-refractivity contribution in [1.29, 1.82) is 0 Å². The van der Waals surface area contributed by atoms with Gasteiger partial charge in [0, 0.05) is 17.7 Å². The molecule has 8 N–H and O–H groups in total. The van der Waals surface area contributed by atoms with Crippen molar-refractivity contribution in [2.24, 2.45) is 0 Å². The van der Waals surface area contributed by atoms with Gasteiger partial charge in [-0.1, -0.05) is 0 Å². The normalized spacial score (nSPS) is 29.3. The first-order chi connectivity index (χ1) is 15.6. The number of Topliss-reactive ketones (excluding diaryl/α,β-unsaturated/α-hetero) is 1. The molecule has 178 valence electrons. The fourth-order valence-corrected chi connectivity index (χ4v) is 3.79. The molecule has 0 unspecified atom stereocenters. The molecule has 1 saturated heterocycles. The number of aromatic hydroxyl groups is 4. The lowest BCUT2D eigenvalue weighted by molar-refractivity contribution is -0.277. The van der Waals surface area contributed by atoms with Crippen LogP contribution >= 0.6 is 0 Å². The van der Waals surface area contributed by atoms with Gasteiger partial charge < -0.3 is 55.1 Å². The summed E-state index contributed by atoms with van der Waals surface area (Å²) >= 11 is 0. The number of ketones is 1. The van der Waals surface area contributed by atoms with Crippen LogP contribution in [0.3, 0.4) is 0 Å². The van der Waals surface area contributed by atoms with E-state index in [4.69, 9.17) is 14.2 Å². The van der Waals surface area contributed by atoms with Crippen molar-refractivity contribution in [2.45, 2.75) is 43.2 Å². The zero-order valence-corrected chi connectivity index (χ0v) is 16.9. The van der Waals surface area contributed by atoms with Crippen LogP contribution in [0.4, 0.5) is 0 Å². The molecule has 0 saturated carbocycles. The third-order valence-corrected chi connectivity index (χ3v) is 5.53. The molecule has 4 rings (SSSR count). The van der Waals surface area contributed by atoms with Gasteiger partial charge in [-0.05, 0) is 12.1 Å². The van der Waals surface area contributed by atoms with Crippen LogP contribution in [0.2, 0.25) is 0 Å². The number of rotatable bonds is 4. The molecule has 12 heteroatoms. The summed E-state index contributed by atoms with van der Waals surface area (Å²) in [7, 11) is 0. The first kappa shape index (κ1) is 22.9. The maximum absolute atomic E-state index is 12.5. The van der Waals surface area contributed by atoms with Gasteiger partial charge in [-0.2, -0.15) is 0 Å². The van der Waals surface area contributed by atoms with Crippen molar-refractivity contribution in [3.05, 3.63) is 35.4 Å². The largest absolute Gasteiger partial charge is 0.508 e. The second kappa shape index (κ2) is 8.57. The van der Waals surface area contributed by atoms with Crippen LogP contribution in [0, 0.1) is 0 Å². The number of hydrogen-bond donors (Lipinski definition) is 8. The highest BCUT2D eigenvalue weighted by Crippen LogP contribution is 2.45. The molecular weight excluding hydrogens is 444 g/mol. The molecule has 2 aliphatic heterocycles. The number of carbonyl (C=O) groups is 1. The smallest absolute Gasteiger partial charge is 0.229 e. The van der Waals surface area contributed by atoms with Crippen molar-refractivity contribution in [2.75, 3.05) is 6.61 Å². The lowest BCUT2D eigenvalue weighted by atomic mass is 9.95. The van der Waals surface area contributed by atoms with E-state index in [2.05, 4.69) is 0 Å². The summed E-state index contributed by atoms with van der Waals surface area (Å²) in [6, 6.07) is 4.45. The van der Waals surface area contributed by atoms with E-state index in [1.54, 1.807) is 0 Å². The molecule has 2 aromatic carbocycles. The topological polar surface area (TPSA) is 207 Å². The number of phenols is 4. The zero-order valence-electron chi connectivity index (χ0n) is 16.9. The predicted octanol–water partition coefficient (Wildman–Crippen LogP) is -0.606. The Hall–Kier alpha value is -3.29. The van der Waals surface area contributed by atoms with Gasteiger partial charge in [0.15, 0.2) is 17.3 Å². The first-order valence-electron chi connectivity index (χ1n) is 9.89. The average molecular weight is 466 g/mol. The van der Waals surface area contributed by atoms with Crippen LogP contribution < -0.4 is 9.47 Å². The minimum atomic E-state index is -1.77. The Morgan fingerprint density at radius 2 is 1.67 bits per heavy atom. The Kier molecular flexibility index (Phi) is 5.95. The molecule has 2 aromatic rings. The van der Waals surface area contributed by atoms with Crippen molar-refractivity contribution in [1.82, 2.24) is 0 Å². The van der Waals surface area contributed by atoms with Gasteiger partial charge >= 0.3 is 0 Å². The Labute approximate surface area is 186 Å². The molecule has 0 aromatic heterocycles. The fraction of sp³-hybridized carbons (Fsp3) is 0.381. The van der Waals surface area contributed by atoms with Crippen LogP contribution in [0.15, 0.2) is 24.3 Å². The zero-order chi connectivity index (χ0) is 24.0. The van der Waals surface area contributed by atoms with Crippen LogP contribution in [0.1, 0.15) is 28.4 Å². The highest BCUT2D eigenvalue weighted by atomic mass is 16.7. The molecule has 6 atom stereocenters. The summed E-state index contributed by atoms with van der Waals surface area (Å²) in [5.74, 6) is -3.18. The second-order valence-corrected chi connectivity index (χ2v) is 7.77. The molecule has 12 nitrogen and oxygen atoms in total. The summed E-state index contributed by atoms with van der Waals surface area (Å²) in [5.41, 5.74) is 0.0524. The number of phenolic OH excluding ortho intramolecular Hbond substituents is 4. The van der Waals surface area contributed by atoms with Gasteiger partial charge in [-0.15, -0.1) is 0 Å². The molecule has 0 amide bonds. The maximum atomic E-state index is 12.5. The van der Waals surface area contributed by atoms with E-state index >= 15 is 0 Å². The van der Waals surface area contributed by atoms with Crippen molar-refractivity contribution in [3.63, 3.8) is 0 Å². The molecule has 2 heterocycles. The van der Waals surface area contributed by atoms with E-state index in [1.165, 1.54) is 6.07 Å². The SMILES string of the molecule is O=C1C[C@@H](c2cc(O)c(O)c(O[C@@H]3O[C@H](CO)[C@@H](O)[C@H](O)[C@@H]3O)c2)Oc2cc(O)cc(O)c21. The third-order valence-electron chi connectivity index (χ3n) is 5.53.